The maximum Gasteiger partial charge on any atom is 0.170 e. The first-order chi connectivity index (χ1) is 12.2. The van der Waals surface area contributed by atoms with E-state index >= 15 is 0 Å². The van der Waals surface area contributed by atoms with Crippen molar-refractivity contribution in [2.24, 2.45) is 0 Å². The van der Waals surface area contributed by atoms with Crippen LogP contribution in [0.3, 0.4) is 0 Å². The van der Waals surface area contributed by atoms with Gasteiger partial charge in [-0.25, -0.2) is 0 Å². The summed E-state index contributed by atoms with van der Waals surface area (Å²) in [7, 11) is 0. The molecule has 0 aliphatic heterocycles. The SMILES string of the molecule is S=C(NCC(c1ccccc1)c1ccccc1)Nc1ccccc1I. The highest BCUT2D eigenvalue weighted by atomic mass is 127. The molecule has 3 aromatic carbocycles. The fourth-order valence-electron chi connectivity index (χ4n) is 2.72. The van der Waals surface area contributed by atoms with Crippen LogP contribution >= 0.6 is 34.8 Å². The Bertz CT molecular complexity index is 782. The monoisotopic (exact) mass is 458 g/mol. The predicted molar refractivity (Wildman–Crippen MR) is 118 cm³/mol. The van der Waals surface area contributed by atoms with Gasteiger partial charge in [0.2, 0.25) is 0 Å². The lowest BCUT2D eigenvalue weighted by atomic mass is 9.91. The number of rotatable bonds is 5. The second-order valence-electron chi connectivity index (χ2n) is 5.69. The molecule has 0 saturated carbocycles. The summed E-state index contributed by atoms with van der Waals surface area (Å²) in [6.07, 6.45) is 0. The summed E-state index contributed by atoms with van der Waals surface area (Å²) in [6.45, 7) is 0.739. The molecule has 0 radical (unpaired) electrons. The van der Waals surface area contributed by atoms with Crippen molar-refractivity contribution in [3.63, 3.8) is 0 Å². The summed E-state index contributed by atoms with van der Waals surface area (Å²) in [4.78, 5) is 0. The summed E-state index contributed by atoms with van der Waals surface area (Å²) in [5, 5.41) is 7.29. The van der Waals surface area contributed by atoms with Crippen molar-refractivity contribution in [2.75, 3.05) is 11.9 Å². The summed E-state index contributed by atoms with van der Waals surface area (Å²) < 4.78 is 1.15. The molecular formula is C21H19IN2S. The van der Waals surface area contributed by atoms with Crippen molar-refractivity contribution < 1.29 is 0 Å². The lowest BCUT2D eigenvalue weighted by Crippen LogP contribution is -2.32. The molecule has 0 fully saturated rings. The molecule has 0 amide bonds. The Morgan fingerprint density at radius 2 is 1.32 bits per heavy atom. The van der Waals surface area contributed by atoms with Crippen molar-refractivity contribution in [1.29, 1.82) is 0 Å². The van der Waals surface area contributed by atoms with Crippen molar-refractivity contribution in [1.82, 2.24) is 5.32 Å². The van der Waals surface area contributed by atoms with Gasteiger partial charge < -0.3 is 10.6 Å². The second kappa shape index (κ2) is 8.97. The van der Waals surface area contributed by atoms with E-state index < -0.39 is 0 Å². The smallest absolute Gasteiger partial charge is 0.170 e. The standard InChI is InChI=1S/C21H19IN2S/c22-19-13-7-8-14-20(19)24-21(25)23-15-18(16-9-3-1-4-10-16)17-11-5-2-6-12-17/h1-14,18H,15H2,(H2,23,24,25). The Balaban J connectivity index is 1.71. The Morgan fingerprint density at radius 3 is 1.88 bits per heavy atom. The van der Waals surface area contributed by atoms with Gasteiger partial charge in [-0.15, -0.1) is 0 Å². The number of thiocarbonyl (C=S) groups is 1. The minimum atomic E-state index is 0.247. The van der Waals surface area contributed by atoms with Crippen molar-refractivity contribution in [3.05, 3.63) is 99.6 Å². The highest BCUT2D eigenvalue weighted by Crippen LogP contribution is 2.24. The normalized spacial score (nSPS) is 10.5. The van der Waals surface area contributed by atoms with Crippen LogP contribution in [0.1, 0.15) is 17.0 Å². The molecule has 2 N–H and O–H groups in total. The molecule has 0 atom stereocenters. The van der Waals surface area contributed by atoms with Crippen molar-refractivity contribution in [3.8, 4) is 0 Å². The van der Waals surface area contributed by atoms with Crippen molar-refractivity contribution in [2.45, 2.75) is 5.92 Å². The molecule has 3 rings (SSSR count). The Kier molecular flexibility index (Phi) is 6.42. The second-order valence-corrected chi connectivity index (χ2v) is 7.26. The zero-order chi connectivity index (χ0) is 17.5. The molecule has 4 heteroatoms. The minimum Gasteiger partial charge on any atom is -0.361 e. The number of hydrogen-bond donors (Lipinski definition) is 2. The van der Waals surface area contributed by atoms with Gasteiger partial charge in [0.25, 0.3) is 0 Å². The van der Waals surface area contributed by atoms with Crippen LogP contribution in [-0.4, -0.2) is 11.7 Å². The van der Waals surface area contributed by atoms with Gasteiger partial charge in [-0.3, -0.25) is 0 Å². The molecule has 25 heavy (non-hydrogen) atoms. The van der Waals surface area contributed by atoms with E-state index in [1.165, 1.54) is 11.1 Å². The maximum absolute atomic E-state index is 5.49. The highest BCUT2D eigenvalue weighted by Gasteiger charge is 2.14. The third kappa shape index (κ3) is 5.03. The number of benzene rings is 3. The number of nitrogens with one attached hydrogen (secondary N) is 2. The first-order valence-corrected chi connectivity index (χ1v) is 9.62. The molecule has 0 aliphatic rings. The van der Waals surface area contributed by atoms with Gasteiger partial charge >= 0.3 is 0 Å². The highest BCUT2D eigenvalue weighted by molar-refractivity contribution is 14.1. The molecule has 0 heterocycles. The summed E-state index contributed by atoms with van der Waals surface area (Å²) in [6, 6.07) is 29.2. The van der Waals surface area contributed by atoms with Gasteiger partial charge in [-0.05, 0) is 58.1 Å². The summed E-state index contributed by atoms with van der Waals surface area (Å²) >= 11 is 7.79. The number of anilines is 1. The van der Waals surface area contributed by atoms with Crippen LogP contribution in [0.2, 0.25) is 0 Å². The van der Waals surface area contributed by atoms with E-state index in [1.807, 2.05) is 30.3 Å². The largest absolute Gasteiger partial charge is 0.361 e. The first-order valence-electron chi connectivity index (χ1n) is 8.13. The molecule has 2 nitrogen and oxygen atoms in total. The van der Waals surface area contributed by atoms with Crippen LogP contribution in [0.25, 0.3) is 0 Å². The molecule has 0 bridgehead atoms. The van der Waals surface area contributed by atoms with Gasteiger partial charge in [0.1, 0.15) is 0 Å². The average Bonchev–Trinajstić information content (AvgIpc) is 2.66. The predicted octanol–water partition coefficient (Wildman–Crippen LogP) is 5.41. The van der Waals surface area contributed by atoms with E-state index in [1.54, 1.807) is 0 Å². The Morgan fingerprint density at radius 1 is 0.800 bits per heavy atom. The van der Waals surface area contributed by atoms with Crippen LogP contribution in [0.4, 0.5) is 5.69 Å². The van der Waals surface area contributed by atoms with E-state index in [4.69, 9.17) is 12.2 Å². The molecule has 0 unspecified atom stereocenters. The lowest BCUT2D eigenvalue weighted by Gasteiger charge is -2.20. The zero-order valence-corrected chi connectivity index (χ0v) is 16.6. The quantitative estimate of drug-likeness (QED) is 0.395. The molecule has 126 valence electrons. The van der Waals surface area contributed by atoms with Gasteiger partial charge in [0.05, 0.1) is 5.69 Å². The lowest BCUT2D eigenvalue weighted by molar-refractivity contribution is 0.761. The average molecular weight is 458 g/mol. The topological polar surface area (TPSA) is 24.1 Å². The first kappa shape index (κ1) is 17.9. The fraction of sp³-hybridized carbons (Fsp3) is 0.0952. The van der Waals surface area contributed by atoms with Crippen LogP contribution < -0.4 is 10.6 Å². The van der Waals surface area contributed by atoms with Gasteiger partial charge in [-0.2, -0.15) is 0 Å². The summed E-state index contributed by atoms with van der Waals surface area (Å²) in [5.74, 6) is 0.247. The number of para-hydroxylation sites is 1. The van der Waals surface area contributed by atoms with Crippen LogP contribution in [0.5, 0.6) is 0 Å². The number of halogens is 1. The van der Waals surface area contributed by atoms with E-state index in [9.17, 15) is 0 Å². The molecule has 3 aromatic rings. The van der Waals surface area contributed by atoms with E-state index in [0.717, 1.165) is 15.8 Å². The fourth-order valence-corrected chi connectivity index (χ4v) is 3.44. The molecular weight excluding hydrogens is 439 g/mol. The molecule has 0 aromatic heterocycles. The zero-order valence-electron chi connectivity index (χ0n) is 13.7. The number of hydrogen-bond acceptors (Lipinski definition) is 1. The maximum atomic E-state index is 5.49. The van der Waals surface area contributed by atoms with Crippen LogP contribution in [0, 0.1) is 3.57 Å². The van der Waals surface area contributed by atoms with Crippen LogP contribution in [-0.2, 0) is 0 Å². The Hall–Kier alpha value is -1.92. The van der Waals surface area contributed by atoms with E-state index in [0.29, 0.717) is 5.11 Å². The van der Waals surface area contributed by atoms with Gasteiger partial charge in [0, 0.05) is 16.0 Å². The van der Waals surface area contributed by atoms with Crippen molar-refractivity contribution >= 4 is 45.6 Å². The van der Waals surface area contributed by atoms with E-state index in [2.05, 4.69) is 87.8 Å². The molecule has 0 saturated heterocycles. The molecule has 0 aliphatic carbocycles. The minimum absolute atomic E-state index is 0.247. The summed E-state index contributed by atoms with van der Waals surface area (Å²) in [5.41, 5.74) is 3.58. The Labute approximate surface area is 167 Å². The molecule has 0 spiro atoms. The third-order valence-electron chi connectivity index (χ3n) is 3.99. The third-order valence-corrected chi connectivity index (χ3v) is 5.18. The van der Waals surface area contributed by atoms with E-state index in [-0.39, 0.29) is 5.92 Å². The van der Waals surface area contributed by atoms with Gasteiger partial charge in [-0.1, -0.05) is 72.8 Å². The van der Waals surface area contributed by atoms with Gasteiger partial charge in [0.15, 0.2) is 5.11 Å². The van der Waals surface area contributed by atoms with Crippen LogP contribution in [0.15, 0.2) is 84.9 Å².